The topological polar surface area (TPSA) is 186 Å². The highest BCUT2D eigenvalue weighted by Gasteiger charge is 2.46. The lowest BCUT2D eigenvalue weighted by Gasteiger charge is -2.29. The molecule has 2 aliphatic rings. The van der Waals surface area contributed by atoms with Crippen LogP contribution in [-0.4, -0.2) is 84.7 Å². The van der Waals surface area contributed by atoms with E-state index in [9.17, 15) is 54.3 Å². The Bertz CT molecular complexity index is 3390. The fourth-order valence-corrected chi connectivity index (χ4v) is 8.73. The zero-order valence-electron chi connectivity index (χ0n) is 39.4. The fraction of sp³-hybridized carbons (Fsp3) is 0.192. The van der Waals surface area contributed by atoms with Gasteiger partial charge in [0, 0.05) is 54.9 Å². The Morgan fingerprint density at radius 2 is 1.08 bits per heavy atom. The van der Waals surface area contributed by atoms with E-state index < -0.39 is 78.2 Å². The maximum absolute atomic E-state index is 13.8. The number of carbonyl (C=O) groups excluding carboxylic acids is 4. The predicted molar refractivity (Wildman–Crippen MR) is 261 cm³/mol. The van der Waals surface area contributed by atoms with Crippen LogP contribution in [0.3, 0.4) is 0 Å². The summed E-state index contributed by atoms with van der Waals surface area (Å²) >= 11 is 0. The Morgan fingerprint density at radius 1 is 0.600 bits per heavy atom. The number of aromatic amines is 1. The largest absolute Gasteiger partial charge is 0.488 e. The number of aromatic nitrogens is 4. The third-order valence-electron chi connectivity index (χ3n) is 12.3. The van der Waals surface area contributed by atoms with Gasteiger partial charge in [-0.05, 0) is 77.3 Å². The molecule has 5 N–H and O–H groups in total. The van der Waals surface area contributed by atoms with E-state index in [0.29, 0.717) is 47.4 Å². The standard InChI is InChI=1S/C26H20F4N4O2.C20H18F2N4O2.C6H5BF2O2/c1-26(29,30)25(36)32-21-13-23(35)33(24(21)15-5-3-2-4-6-15)17-8-10-22-16(11-17)14-31-34(22)18-7-9-19(27)20(28)12-18;1-20(21,22)19(28)24-16-10-17(27)26(18(16)12-5-3-2-4-6-12)14-7-8-15-13(9-14)11-23-25-15;8-5-2-1-4(7(10)11)3-6(5)9/h2-12,14,21,24H,13H2,1H3,(H,32,36);2-9,11,16,18H,10H2,1H3,(H,23,25)(H,24,28);1-3,10-11H/t21-,24+;16-,18+;/m00./s1. The van der Waals surface area contributed by atoms with Gasteiger partial charge in [-0.2, -0.15) is 27.8 Å². The van der Waals surface area contributed by atoms with Crippen LogP contribution in [0, 0.1) is 23.3 Å². The molecule has 4 heterocycles. The molecule has 0 spiro atoms. The number of rotatable bonds is 10. The van der Waals surface area contributed by atoms with E-state index in [-0.39, 0.29) is 30.1 Å². The Labute approximate surface area is 421 Å². The molecule has 6 aromatic carbocycles. The van der Waals surface area contributed by atoms with E-state index >= 15 is 0 Å². The lowest BCUT2D eigenvalue weighted by atomic mass is 9.80. The number of nitrogens with one attached hydrogen (secondary N) is 3. The summed E-state index contributed by atoms with van der Waals surface area (Å²) in [5, 5.41) is 34.2. The van der Waals surface area contributed by atoms with Crippen LogP contribution >= 0.6 is 0 Å². The van der Waals surface area contributed by atoms with Crippen molar-refractivity contribution >= 4 is 69.4 Å². The van der Waals surface area contributed by atoms with Gasteiger partial charge in [0.25, 0.3) is 11.8 Å². The monoisotopic (exact) mass is 1040 g/mol. The number of anilines is 2. The molecular formula is C52H43BF8N8O6. The lowest BCUT2D eigenvalue weighted by Crippen LogP contribution is -2.46. The first-order chi connectivity index (χ1) is 35.6. The number of alkyl halides is 4. The minimum absolute atomic E-state index is 0.0647. The Kier molecular flexibility index (Phi) is 15.2. The number of amides is 4. The second kappa shape index (κ2) is 21.6. The van der Waals surface area contributed by atoms with Crippen LogP contribution in [0.2, 0.25) is 0 Å². The first-order valence-electron chi connectivity index (χ1n) is 22.9. The average molecular weight is 1040 g/mol. The summed E-state index contributed by atoms with van der Waals surface area (Å²) in [6.45, 7) is 1.05. The van der Waals surface area contributed by atoms with Crippen LogP contribution in [0.15, 0.2) is 146 Å². The highest BCUT2D eigenvalue weighted by Crippen LogP contribution is 2.41. The van der Waals surface area contributed by atoms with Gasteiger partial charge >= 0.3 is 19.0 Å². The second-order valence-corrected chi connectivity index (χ2v) is 17.7. The van der Waals surface area contributed by atoms with Crippen LogP contribution < -0.4 is 25.9 Å². The molecule has 8 aromatic rings. The number of nitrogens with zero attached hydrogens (tertiary/aromatic N) is 5. The van der Waals surface area contributed by atoms with Gasteiger partial charge in [0.2, 0.25) is 11.8 Å². The van der Waals surface area contributed by atoms with E-state index in [1.807, 2.05) is 36.4 Å². The van der Waals surface area contributed by atoms with Crippen LogP contribution in [-0.2, 0) is 19.2 Å². The van der Waals surface area contributed by atoms with Gasteiger partial charge in [0.1, 0.15) is 0 Å². The molecule has 14 nitrogen and oxygen atoms in total. The predicted octanol–water partition coefficient (Wildman–Crippen LogP) is 7.75. The molecule has 2 aliphatic heterocycles. The van der Waals surface area contributed by atoms with Gasteiger partial charge in [-0.15, -0.1) is 0 Å². The summed E-state index contributed by atoms with van der Waals surface area (Å²) in [5.74, 6) is -14.6. The minimum Gasteiger partial charge on any atom is -0.423 e. The zero-order chi connectivity index (χ0) is 53.9. The molecule has 0 aliphatic carbocycles. The van der Waals surface area contributed by atoms with Crippen LogP contribution in [0.1, 0.15) is 49.9 Å². The molecule has 4 atom stereocenters. The van der Waals surface area contributed by atoms with Crippen molar-refractivity contribution in [1.29, 1.82) is 0 Å². The van der Waals surface area contributed by atoms with Gasteiger partial charge in [-0.3, -0.25) is 24.3 Å². The van der Waals surface area contributed by atoms with E-state index in [0.717, 1.165) is 46.8 Å². The van der Waals surface area contributed by atoms with Crippen molar-refractivity contribution in [2.24, 2.45) is 0 Å². The first-order valence-corrected chi connectivity index (χ1v) is 22.9. The SMILES string of the molecule is CC(F)(F)C(=O)N[C@H]1CC(=O)N(c2ccc3[nH]ncc3c2)[C@@H]1c1ccccc1.CC(F)(F)C(=O)N[C@H]1CC(=O)N(c2ccc3c(cnn3-c3ccc(F)c(F)c3)c2)[C@@H]1c1ccccc1.OB(O)c1ccc(F)c(F)c1. The number of H-pyrrole nitrogens is 1. The Hall–Kier alpha value is -8.44. The number of hydrogen-bond acceptors (Lipinski definition) is 8. The van der Waals surface area contributed by atoms with E-state index in [1.54, 1.807) is 71.8 Å². The number of benzene rings is 6. The molecule has 0 saturated carbocycles. The molecule has 4 amide bonds. The van der Waals surface area contributed by atoms with Gasteiger partial charge in [0.15, 0.2) is 23.3 Å². The highest BCUT2D eigenvalue weighted by atomic mass is 19.3. The summed E-state index contributed by atoms with van der Waals surface area (Å²) in [6, 6.07) is 31.5. The van der Waals surface area contributed by atoms with Crippen molar-refractivity contribution in [3.63, 3.8) is 0 Å². The van der Waals surface area contributed by atoms with Crippen LogP contribution in [0.25, 0.3) is 27.5 Å². The number of halogens is 8. The molecule has 2 saturated heterocycles. The molecule has 0 radical (unpaired) electrons. The van der Waals surface area contributed by atoms with Gasteiger partial charge in [-0.1, -0.05) is 66.7 Å². The van der Waals surface area contributed by atoms with Crippen LogP contribution in [0.4, 0.5) is 46.5 Å². The summed E-state index contributed by atoms with van der Waals surface area (Å²) in [7, 11) is -1.76. The zero-order valence-corrected chi connectivity index (χ0v) is 39.4. The normalized spacial score (nSPS) is 17.6. The van der Waals surface area contributed by atoms with Crippen molar-refractivity contribution in [3.8, 4) is 5.69 Å². The molecule has 386 valence electrons. The van der Waals surface area contributed by atoms with E-state index in [4.69, 9.17) is 10.0 Å². The Morgan fingerprint density at radius 3 is 1.57 bits per heavy atom. The minimum atomic E-state index is -3.59. The second-order valence-electron chi connectivity index (χ2n) is 17.7. The molecule has 75 heavy (non-hydrogen) atoms. The maximum Gasteiger partial charge on any atom is 0.488 e. The summed E-state index contributed by atoms with van der Waals surface area (Å²) in [4.78, 5) is 52.9. The Balaban J connectivity index is 0.000000169. The summed E-state index contributed by atoms with van der Waals surface area (Å²) < 4.78 is 107. The highest BCUT2D eigenvalue weighted by molar-refractivity contribution is 6.58. The van der Waals surface area contributed by atoms with Crippen molar-refractivity contribution in [3.05, 3.63) is 180 Å². The van der Waals surface area contributed by atoms with Crippen molar-refractivity contribution in [2.45, 2.75) is 62.7 Å². The van der Waals surface area contributed by atoms with Crippen LogP contribution in [0.5, 0.6) is 0 Å². The molecular weight excluding hydrogens is 995 g/mol. The smallest absolute Gasteiger partial charge is 0.423 e. The van der Waals surface area contributed by atoms with E-state index in [2.05, 4.69) is 25.9 Å². The average Bonchev–Trinajstić information content (AvgIpc) is 4.17. The molecule has 0 bridgehead atoms. The third kappa shape index (κ3) is 11.7. The van der Waals surface area contributed by atoms with Crippen molar-refractivity contribution in [2.75, 3.05) is 9.80 Å². The lowest BCUT2D eigenvalue weighted by molar-refractivity contribution is -0.144. The molecule has 23 heteroatoms. The van der Waals surface area contributed by atoms with E-state index in [1.165, 1.54) is 21.8 Å². The number of carbonyl (C=O) groups is 4. The van der Waals surface area contributed by atoms with Gasteiger partial charge in [-0.25, -0.2) is 22.2 Å². The van der Waals surface area contributed by atoms with Gasteiger partial charge < -0.3 is 30.5 Å². The molecule has 0 unspecified atom stereocenters. The third-order valence-corrected chi connectivity index (χ3v) is 12.3. The van der Waals surface area contributed by atoms with Crippen molar-refractivity contribution in [1.82, 2.24) is 30.6 Å². The molecule has 2 aromatic heterocycles. The molecule has 10 rings (SSSR count). The fourth-order valence-electron chi connectivity index (χ4n) is 8.73. The maximum atomic E-state index is 13.8. The number of hydrogen-bond donors (Lipinski definition) is 5. The number of fused-ring (bicyclic) bond motifs is 2. The quantitative estimate of drug-likeness (QED) is 0.0680. The molecule has 2 fully saturated rings. The van der Waals surface area contributed by atoms with Crippen molar-refractivity contribution < 1.29 is 64.3 Å². The summed E-state index contributed by atoms with van der Waals surface area (Å²) in [6.07, 6.45) is 2.95. The summed E-state index contributed by atoms with van der Waals surface area (Å²) in [5.41, 5.74) is 4.18. The van der Waals surface area contributed by atoms with Gasteiger partial charge in [0.05, 0.1) is 53.3 Å². The first kappa shape index (κ1) is 52.9.